The molecule has 0 amide bonds. The highest BCUT2D eigenvalue weighted by atomic mass is 35.5. The zero-order valence-corrected chi connectivity index (χ0v) is 18.2. The Labute approximate surface area is 184 Å². The number of aromatic amines is 1. The molecule has 8 heteroatoms. The summed E-state index contributed by atoms with van der Waals surface area (Å²) >= 11 is 6.38. The van der Waals surface area contributed by atoms with Crippen molar-refractivity contribution in [3.63, 3.8) is 0 Å². The smallest absolute Gasteiger partial charge is 0.303 e. The topological polar surface area (TPSA) is 90.0 Å². The lowest BCUT2D eigenvalue weighted by atomic mass is 10.0. The van der Waals surface area contributed by atoms with Gasteiger partial charge in [0.05, 0.1) is 22.6 Å². The van der Waals surface area contributed by atoms with Crippen LogP contribution in [0.25, 0.3) is 22.2 Å². The number of aryl methyl sites for hydroxylation is 2. The fourth-order valence-electron chi connectivity index (χ4n) is 3.40. The van der Waals surface area contributed by atoms with E-state index in [-0.39, 0.29) is 19.2 Å². The molecule has 0 aliphatic heterocycles. The second-order valence-electron chi connectivity index (χ2n) is 7.18. The standard InChI is InChI=1S/C23H21ClN4O3/c1-13-10-26-28-22(13)17-9-14(2)27-23-16(17)5-4-6-21(23)31-11-18-19(24)7-8-25-20(18)12-30-15(3)29/h4-10H,11-12H2,1-3H3,(H,26,28). The first-order valence-electron chi connectivity index (χ1n) is 9.73. The van der Waals surface area contributed by atoms with Gasteiger partial charge >= 0.3 is 5.97 Å². The Morgan fingerprint density at radius 3 is 2.77 bits per heavy atom. The SMILES string of the molecule is CC(=O)OCc1nccc(Cl)c1COc1cccc2c(-c3[nH]ncc3C)cc(C)nc12. The van der Waals surface area contributed by atoms with Crippen molar-refractivity contribution in [1.82, 2.24) is 20.2 Å². The molecule has 3 heterocycles. The van der Waals surface area contributed by atoms with Crippen molar-refractivity contribution in [1.29, 1.82) is 0 Å². The molecule has 0 fully saturated rings. The third kappa shape index (κ3) is 4.36. The third-order valence-electron chi connectivity index (χ3n) is 4.90. The van der Waals surface area contributed by atoms with Crippen molar-refractivity contribution in [2.24, 2.45) is 0 Å². The summed E-state index contributed by atoms with van der Waals surface area (Å²) in [4.78, 5) is 20.2. The molecule has 0 aliphatic carbocycles. The number of para-hydroxylation sites is 1. The second-order valence-corrected chi connectivity index (χ2v) is 7.59. The molecule has 0 aliphatic rings. The lowest BCUT2D eigenvalue weighted by Gasteiger charge is -2.14. The Hall–Kier alpha value is -3.45. The molecule has 0 atom stereocenters. The predicted octanol–water partition coefficient (Wildman–Crippen LogP) is 4.93. The molecule has 0 saturated carbocycles. The lowest BCUT2D eigenvalue weighted by Crippen LogP contribution is -2.07. The van der Waals surface area contributed by atoms with Gasteiger partial charge in [-0.25, -0.2) is 4.98 Å². The van der Waals surface area contributed by atoms with Gasteiger partial charge in [0, 0.05) is 35.3 Å². The van der Waals surface area contributed by atoms with Gasteiger partial charge in [0.25, 0.3) is 0 Å². The number of hydrogen-bond acceptors (Lipinski definition) is 6. The molecule has 0 radical (unpaired) electrons. The van der Waals surface area contributed by atoms with E-state index in [0.29, 0.717) is 22.0 Å². The number of esters is 1. The van der Waals surface area contributed by atoms with Crippen LogP contribution in [0.1, 0.15) is 29.4 Å². The largest absolute Gasteiger partial charge is 0.486 e. The van der Waals surface area contributed by atoms with Gasteiger partial charge in [0.2, 0.25) is 0 Å². The first-order chi connectivity index (χ1) is 14.9. The van der Waals surface area contributed by atoms with Gasteiger partial charge in [-0.05, 0) is 37.6 Å². The molecular formula is C23H21ClN4O3. The number of ether oxygens (including phenoxy) is 2. The zero-order valence-electron chi connectivity index (χ0n) is 17.4. The van der Waals surface area contributed by atoms with Gasteiger partial charge in [0.15, 0.2) is 0 Å². The fourth-order valence-corrected chi connectivity index (χ4v) is 3.62. The van der Waals surface area contributed by atoms with Gasteiger partial charge in [-0.15, -0.1) is 0 Å². The Kier molecular flexibility index (Phi) is 5.86. The first-order valence-corrected chi connectivity index (χ1v) is 10.1. The summed E-state index contributed by atoms with van der Waals surface area (Å²) in [6.45, 7) is 5.50. The summed E-state index contributed by atoms with van der Waals surface area (Å²) < 4.78 is 11.2. The van der Waals surface area contributed by atoms with E-state index in [4.69, 9.17) is 26.1 Å². The monoisotopic (exact) mass is 436 g/mol. The molecule has 0 saturated heterocycles. The number of H-pyrrole nitrogens is 1. The Morgan fingerprint density at radius 1 is 1.19 bits per heavy atom. The molecule has 1 N–H and O–H groups in total. The molecule has 0 spiro atoms. The van der Waals surface area contributed by atoms with Crippen LogP contribution in [0.3, 0.4) is 0 Å². The molecule has 7 nitrogen and oxygen atoms in total. The number of nitrogens with one attached hydrogen (secondary N) is 1. The second kappa shape index (κ2) is 8.73. The van der Waals surface area contributed by atoms with Crippen LogP contribution in [0.4, 0.5) is 0 Å². The fraction of sp³-hybridized carbons (Fsp3) is 0.217. The maximum Gasteiger partial charge on any atom is 0.303 e. The maximum atomic E-state index is 11.2. The van der Waals surface area contributed by atoms with Crippen molar-refractivity contribution in [2.75, 3.05) is 0 Å². The molecule has 4 aromatic rings. The summed E-state index contributed by atoms with van der Waals surface area (Å²) in [5.74, 6) is 0.238. The Balaban J connectivity index is 1.70. The molecule has 158 valence electrons. The number of nitrogens with zero attached hydrogens (tertiary/aromatic N) is 3. The van der Waals surface area contributed by atoms with Crippen LogP contribution in [-0.2, 0) is 22.7 Å². The molecule has 3 aromatic heterocycles. The van der Waals surface area contributed by atoms with E-state index in [1.165, 1.54) is 6.92 Å². The number of hydrogen-bond donors (Lipinski definition) is 1. The maximum absolute atomic E-state index is 11.2. The number of carbonyl (C=O) groups excluding carboxylic acids is 1. The van der Waals surface area contributed by atoms with Crippen molar-refractivity contribution in [2.45, 2.75) is 34.0 Å². The summed E-state index contributed by atoms with van der Waals surface area (Å²) in [5, 5.41) is 8.67. The highest BCUT2D eigenvalue weighted by Gasteiger charge is 2.15. The van der Waals surface area contributed by atoms with E-state index in [1.54, 1.807) is 18.5 Å². The van der Waals surface area contributed by atoms with Gasteiger partial charge in [-0.3, -0.25) is 14.9 Å². The van der Waals surface area contributed by atoms with Crippen molar-refractivity contribution < 1.29 is 14.3 Å². The molecule has 0 bridgehead atoms. The van der Waals surface area contributed by atoms with E-state index in [1.807, 2.05) is 38.1 Å². The number of fused-ring (bicyclic) bond motifs is 1. The molecule has 31 heavy (non-hydrogen) atoms. The number of benzene rings is 1. The highest BCUT2D eigenvalue weighted by molar-refractivity contribution is 6.31. The normalized spacial score (nSPS) is 11.0. The summed E-state index contributed by atoms with van der Waals surface area (Å²) in [7, 11) is 0. The number of pyridine rings is 2. The minimum absolute atomic E-state index is 0.0325. The average molecular weight is 437 g/mol. The van der Waals surface area contributed by atoms with E-state index >= 15 is 0 Å². The van der Waals surface area contributed by atoms with Gasteiger partial charge < -0.3 is 9.47 Å². The van der Waals surface area contributed by atoms with E-state index in [2.05, 4.69) is 15.2 Å². The zero-order chi connectivity index (χ0) is 22.0. The van der Waals surface area contributed by atoms with Gasteiger partial charge in [-0.1, -0.05) is 23.7 Å². The van der Waals surface area contributed by atoms with Crippen molar-refractivity contribution >= 4 is 28.5 Å². The summed E-state index contributed by atoms with van der Waals surface area (Å²) in [6, 6.07) is 9.51. The predicted molar refractivity (Wildman–Crippen MR) is 118 cm³/mol. The molecule has 4 rings (SSSR count). The van der Waals surface area contributed by atoms with E-state index < -0.39 is 0 Å². The van der Waals surface area contributed by atoms with Crippen molar-refractivity contribution in [3.05, 3.63) is 70.3 Å². The quantitative estimate of drug-likeness (QED) is 0.431. The Morgan fingerprint density at radius 2 is 2.03 bits per heavy atom. The first kappa shape index (κ1) is 20.8. The van der Waals surface area contributed by atoms with Crippen molar-refractivity contribution in [3.8, 4) is 17.0 Å². The van der Waals surface area contributed by atoms with Crippen LogP contribution in [0.15, 0.2) is 42.7 Å². The number of halogens is 1. The Bertz CT molecular complexity index is 1270. The number of aromatic nitrogens is 4. The van der Waals surface area contributed by atoms with E-state index in [9.17, 15) is 4.79 Å². The third-order valence-corrected chi connectivity index (χ3v) is 5.25. The summed E-state index contributed by atoms with van der Waals surface area (Å²) in [6.07, 6.45) is 3.37. The minimum atomic E-state index is -0.385. The van der Waals surface area contributed by atoms with Crippen LogP contribution < -0.4 is 4.74 Å². The molecular weight excluding hydrogens is 416 g/mol. The van der Waals surface area contributed by atoms with Crippen LogP contribution >= 0.6 is 11.6 Å². The van der Waals surface area contributed by atoms with Gasteiger partial charge in [-0.2, -0.15) is 5.10 Å². The lowest BCUT2D eigenvalue weighted by molar-refractivity contribution is -0.142. The number of carbonyl (C=O) groups is 1. The average Bonchev–Trinajstić information content (AvgIpc) is 3.16. The van der Waals surface area contributed by atoms with Crippen LogP contribution in [0.5, 0.6) is 5.75 Å². The van der Waals surface area contributed by atoms with Gasteiger partial charge in [0.1, 0.15) is 24.5 Å². The van der Waals surface area contributed by atoms with Crippen LogP contribution in [0.2, 0.25) is 5.02 Å². The minimum Gasteiger partial charge on any atom is -0.486 e. The molecule has 0 unspecified atom stereocenters. The number of rotatable bonds is 6. The van der Waals surface area contributed by atoms with Crippen LogP contribution in [0, 0.1) is 13.8 Å². The summed E-state index contributed by atoms with van der Waals surface area (Å²) in [5.41, 5.74) is 5.84. The molecule has 1 aromatic carbocycles. The highest BCUT2D eigenvalue weighted by Crippen LogP contribution is 2.34. The van der Waals surface area contributed by atoms with E-state index in [0.717, 1.165) is 33.4 Å². The van der Waals surface area contributed by atoms with Crippen LogP contribution in [-0.4, -0.2) is 26.1 Å².